The third-order valence-electron chi connectivity index (χ3n) is 3.45. The van der Waals surface area contributed by atoms with Gasteiger partial charge in [0.1, 0.15) is 5.60 Å². The van der Waals surface area contributed by atoms with Crippen LogP contribution in [0.15, 0.2) is 4.52 Å². The third kappa shape index (κ3) is 2.90. The van der Waals surface area contributed by atoms with Gasteiger partial charge < -0.3 is 14.6 Å². The summed E-state index contributed by atoms with van der Waals surface area (Å²) in [6.07, 6.45) is 4.29. The molecule has 1 saturated carbocycles. The lowest BCUT2D eigenvalue weighted by molar-refractivity contribution is -0.0178. The van der Waals surface area contributed by atoms with Crippen LogP contribution in [0, 0.1) is 0 Å². The van der Waals surface area contributed by atoms with Crippen LogP contribution in [0.1, 0.15) is 58.2 Å². The summed E-state index contributed by atoms with van der Waals surface area (Å²) in [6, 6.07) is 0. The Morgan fingerprint density at radius 2 is 2.00 bits per heavy atom. The summed E-state index contributed by atoms with van der Waals surface area (Å²) < 4.78 is 10.9. The fourth-order valence-electron chi connectivity index (χ4n) is 2.32. The molecule has 0 amide bonds. The fourth-order valence-corrected chi connectivity index (χ4v) is 2.32. The average molecular weight is 253 g/mol. The summed E-state index contributed by atoms with van der Waals surface area (Å²) in [7, 11) is 1.73. The maximum atomic E-state index is 5.64. The van der Waals surface area contributed by atoms with Crippen LogP contribution < -0.4 is 5.32 Å². The molecule has 0 atom stereocenters. The second-order valence-corrected chi connectivity index (χ2v) is 6.02. The molecule has 1 aliphatic carbocycles. The van der Waals surface area contributed by atoms with Gasteiger partial charge in [0, 0.05) is 12.6 Å². The molecular weight excluding hydrogens is 230 g/mol. The Kier molecular flexibility index (Phi) is 3.73. The number of hydrogen-bond acceptors (Lipinski definition) is 5. The SMILES string of the molecule is COC1(c2noc(CNC(C)(C)C)n2)CCCC1. The van der Waals surface area contributed by atoms with Gasteiger partial charge in [-0.1, -0.05) is 5.16 Å². The van der Waals surface area contributed by atoms with Gasteiger partial charge in [-0.25, -0.2) is 0 Å². The van der Waals surface area contributed by atoms with Gasteiger partial charge in [0.2, 0.25) is 11.7 Å². The zero-order chi connectivity index (χ0) is 13.2. The predicted molar refractivity (Wildman–Crippen MR) is 68.0 cm³/mol. The molecule has 1 heterocycles. The van der Waals surface area contributed by atoms with E-state index in [0.29, 0.717) is 18.3 Å². The largest absolute Gasteiger partial charge is 0.370 e. The highest BCUT2D eigenvalue weighted by Gasteiger charge is 2.40. The molecule has 1 aromatic rings. The minimum absolute atomic E-state index is 0.0426. The Morgan fingerprint density at radius 1 is 1.33 bits per heavy atom. The quantitative estimate of drug-likeness (QED) is 0.892. The van der Waals surface area contributed by atoms with E-state index in [1.807, 2.05) is 0 Å². The molecule has 0 saturated heterocycles. The van der Waals surface area contributed by atoms with Crippen LogP contribution in [0.25, 0.3) is 0 Å². The second kappa shape index (κ2) is 4.97. The summed E-state index contributed by atoms with van der Waals surface area (Å²) in [5.74, 6) is 1.33. The molecule has 18 heavy (non-hydrogen) atoms. The highest BCUT2D eigenvalue weighted by Crippen LogP contribution is 2.40. The van der Waals surface area contributed by atoms with Crippen molar-refractivity contribution >= 4 is 0 Å². The molecule has 5 nitrogen and oxygen atoms in total. The molecule has 2 rings (SSSR count). The summed E-state index contributed by atoms with van der Waals surface area (Å²) in [5.41, 5.74) is -0.273. The highest BCUT2D eigenvalue weighted by molar-refractivity contribution is 5.04. The summed E-state index contributed by atoms with van der Waals surface area (Å²) in [4.78, 5) is 4.47. The van der Waals surface area contributed by atoms with Gasteiger partial charge in [0.15, 0.2) is 0 Å². The summed E-state index contributed by atoms with van der Waals surface area (Å²) in [6.45, 7) is 6.92. The van der Waals surface area contributed by atoms with Crippen LogP contribution >= 0.6 is 0 Å². The molecule has 0 unspecified atom stereocenters. The van der Waals surface area contributed by atoms with Crippen molar-refractivity contribution in [3.63, 3.8) is 0 Å². The molecule has 5 heteroatoms. The smallest absolute Gasteiger partial charge is 0.240 e. The van der Waals surface area contributed by atoms with Crippen LogP contribution in [0.5, 0.6) is 0 Å². The minimum Gasteiger partial charge on any atom is -0.370 e. The number of ether oxygens (including phenoxy) is 1. The first-order chi connectivity index (χ1) is 8.45. The topological polar surface area (TPSA) is 60.2 Å². The van der Waals surface area contributed by atoms with Crippen LogP contribution in [-0.2, 0) is 16.9 Å². The van der Waals surface area contributed by atoms with Gasteiger partial charge >= 0.3 is 0 Å². The average Bonchev–Trinajstić information content (AvgIpc) is 2.95. The molecule has 102 valence electrons. The molecule has 0 radical (unpaired) electrons. The second-order valence-electron chi connectivity index (χ2n) is 6.02. The predicted octanol–water partition coefficient (Wildman–Crippen LogP) is 2.37. The minimum atomic E-state index is -0.316. The van der Waals surface area contributed by atoms with Gasteiger partial charge in [-0.2, -0.15) is 4.98 Å². The standard InChI is InChI=1S/C13H23N3O2/c1-12(2,3)14-9-10-15-11(16-18-10)13(17-4)7-5-6-8-13/h14H,5-9H2,1-4H3. The molecular formula is C13H23N3O2. The van der Waals surface area contributed by atoms with Crippen molar-refractivity contribution in [3.05, 3.63) is 11.7 Å². The highest BCUT2D eigenvalue weighted by atomic mass is 16.5. The van der Waals surface area contributed by atoms with Crippen LogP contribution in [0.3, 0.4) is 0 Å². The lowest BCUT2D eigenvalue weighted by Crippen LogP contribution is -2.35. The van der Waals surface area contributed by atoms with Gasteiger partial charge in [-0.3, -0.25) is 0 Å². The van der Waals surface area contributed by atoms with Gasteiger partial charge in [0.25, 0.3) is 0 Å². The first kappa shape index (κ1) is 13.5. The van der Waals surface area contributed by atoms with E-state index in [1.54, 1.807) is 7.11 Å². The van der Waals surface area contributed by atoms with Crippen molar-refractivity contribution in [1.29, 1.82) is 0 Å². The third-order valence-corrected chi connectivity index (χ3v) is 3.45. The van der Waals surface area contributed by atoms with E-state index in [1.165, 1.54) is 0 Å². The first-order valence-electron chi connectivity index (χ1n) is 6.58. The Balaban J connectivity index is 2.05. The summed E-state index contributed by atoms with van der Waals surface area (Å²) >= 11 is 0. The number of methoxy groups -OCH3 is 1. The van der Waals surface area contributed by atoms with Crippen LogP contribution in [0.2, 0.25) is 0 Å². The van der Waals surface area contributed by atoms with E-state index in [0.717, 1.165) is 25.7 Å². The van der Waals surface area contributed by atoms with Crippen molar-refractivity contribution in [2.75, 3.05) is 7.11 Å². The number of hydrogen-bond donors (Lipinski definition) is 1. The summed E-state index contributed by atoms with van der Waals surface area (Å²) in [5, 5.41) is 7.43. The number of nitrogens with zero attached hydrogens (tertiary/aromatic N) is 2. The van der Waals surface area contributed by atoms with Crippen molar-refractivity contribution in [2.24, 2.45) is 0 Å². The fraction of sp³-hybridized carbons (Fsp3) is 0.846. The van der Waals surface area contributed by atoms with Gasteiger partial charge in [0.05, 0.1) is 6.54 Å². The zero-order valence-corrected chi connectivity index (χ0v) is 11.7. The van der Waals surface area contributed by atoms with E-state index in [2.05, 4.69) is 36.2 Å². The molecule has 1 fully saturated rings. The van der Waals surface area contributed by atoms with Crippen LogP contribution in [-0.4, -0.2) is 22.8 Å². The maximum Gasteiger partial charge on any atom is 0.240 e. The van der Waals surface area contributed by atoms with E-state index < -0.39 is 0 Å². The molecule has 1 N–H and O–H groups in total. The molecule has 0 bridgehead atoms. The maximum absolute atomic E-state index is 5.64. The molecule has 1 aromatic heterocycles. The normalized spacial score (nSPS) is 19.3. The number of aromatic nitrogens is 2. The Labute approximate surface area is 108 Å². The Morgan fingerprint density at radius 3 is 2.56 bits per heavy atom. The Hall–Kier alpha value is -0.940. The van der Waals surface area contributed by atoms with E-state index in [4.69, 9.17) is 9.26 Å². The molecule has 0 aliphatic heterocycles. The first-order valence-corrected chi connectivity index (χ1v) is 6.58. The van der Waals surface area contributed by atoms with Crippen molar-refractivity contribution in [1.82, 2.24) is 15.5 Å². The molecule has 0 spiro atoms. The lowest BCUT2D eigenvalue weighted by Gasteiger charge is -2.22. The molecule has 1 aliphatic rings. The monoisotopic (exact) mass is 253 g/mol. The van der Waals surface area contributed by atoms with Crippen molar-refractivity contribution < 1.29 is 9.26 Å². The Bertz CT molecular complexity index is 389. The number of rotatable bonds is 4. The zero-order valence-electron chi connectivity index (χ0n) is 11.7. The lowest BCUT2D eigenvalue weighted by atomic mass is 10.0. The van der Waals surface area contributed by atoms with E-state index in [-0.39, 0.29) is 11.1 Å². The number of nitrogens with one attached hydrogen (secondary N) is 1. The van der Waals surface area contributed by atoms with Crippen LogP contribution in [0.4, 0.5) is 0 Å². The van der Waals surface area contributed by atoms with Crippen molar-refractivity contribution in [2.45, 2.75) is 64.1 Å². The molecule has 0 aromatic carbocycles. The van der Waals surface area contributed by atoms with Gasteiger partial charge in [-0.05, 0) is 46.5 Å². The van der Waals surface area contributed by atoms with E-state index in [9.17, 15) is 0 Å². The van der Waals surface area contributed by atoms with E-state index >= 15 is 0 Å². The van der Waals surface area contributed by atoms with Crippen molar-refractivity contribution in [3.8, 4) is 0 Å². The van der Waals surface area contributed by atoms with Gasteiger partial charge in [-0.15, -0.1) is 0 Å².